The molecule has 0 aliphatic rings. The third-order valence-electron chi connectivity index (χ3n) is 7.70. The minimum atomic E-state index is 0.0185. The Morgan fingerprint density at radius 3 is 2.29 bits per heavy atom. The van der Waals surface area contributed by atoms with E-state index in [2.05, 4.69) is 86.6 Å². The summed E-state index contributed by atoms with van der Waals surface area (Å²) in [5.74, 6) is 0.605. The lowest BCUT2D eigenvalue weighted by molar-refractivity contribution is 0.588. The maximum absolute atomic E-state index is 13.8. The number of hydrogen-bond donors (Lipinski definition) is 1. The summed E-state index contributed by atoms with van der Waals surface area (Å²) in [6, 6.07) is 16.5. The maximum Gasteiger partial charge on any atom is 0.332 e. The van der Waals surface area contributed by atoms with Gasteiger partial charge < -0.3 is 0 Å². The van der Waals surface area contributed by atoms with Crippen LogP contribution in [0, 0.1) is 13.8 Å². The van der Waals surface area contributed by atoms with Gasteiger partial charge in [-0.25, -0.2) is 9.89 Å². The summed E-state index contributed by atoms with van der Waals surface area (Å²) in [5, 5.41) is 14.3. The van der Waals surface area contributed by atoms with Gasteiger partial charge in [0.2, 0.25) is 0 Å². The highest BCUT2D eigenvalue weighted by Crippen LogP contribution is 2.30. The van der Waals surface area contributed by atoms with E-state index < -0.39 is 0 Å². The second-order valence-corrected chi connectivity index (χ2v) is 11.8. The number of nitrogens with one attached hydrogen (secondary N) is 1. The van der Waals surface area contributed by atoms with Crippen LogP contribution in [-0.4, -0.2) is 34.7 Å². The highest BCUT2D eigenvalue weighted by Gasteiger charge is 2.20. The molecule has 0 aliphatic carbocycles. The standard InChI is InChI=1S/C33H39N7O/c1-7-8-11-26-21-40(30-22(2)18-25(19-23(30)3)33(4,5)6)32(41)39(26)17-16-24-14-15-29(34-20-24)27-12-9-10-13-28(27)31-35-37-38-36-31/h9-10,12-15,18-21H,7-8,11,16-17H2,1-6H3,(H,35,36,37,38). The van der Waals surface area contributed by atoms with Crippen LogP contribution in [0.1, 0.15) is 68.5 Å². The van der Waals surface area contributed by atoms with E-state index in [-0.39, 0.29) is 11.1 Å². The van der Waals surface area contributed by atoms with Crippen LogP contribution in [0.5, 0.6) is 0 Å². The van der Waals surface area contributed by atoms with Gasteiger partial charge in [-0.05, 0) is 77.3 Å². The quantitative estimate of drug-likeness (QED) is 0.230. The predicted octanol–water partition coefficient (Wildman–Crippen LogP) is 6.38. The van der Waals surface area contributed by atoms with Crippen molar-refractivity contribution in [2.75, 3.05) is 0 Å². The van der Waals surface area contributed by atoms with Crippen molar-refractivity contribution >= 4 is 0 Å². The van der Waals surface area contributed by atoms with Crippen molar-refractivity contribution < 1.29 is 0 Å². The molecule has 0 amide bonds. The van der Waals surface area contributed by atoms with Crippen molar-refractivity contribution in [2.24, 2.45) is 0 Å². The lowest BCUT2D eigenvalue weighted by Crippen LogP contribution is -2.26. The van der Waals surface area contributed by atoms with Crippen LogP contribution in [0.15, 0.2) is 65.7 Å². The first-order valence-electron chi connectivity index (χ1n) is 14.4. The summed E-state index contributed by atoms with van der Waals surface area (Å²) in [7, 11) is 0. The van der Waals surface area contributed by atoms with Gasteiger partial charge in [0.25, 0.3) is 0 Å². The van der Waals surface area contributed by atoms with Crippen LogP contribution in [0.3, 0.4) is 0 Å². The molecule has 2 aromatic carbocycles. The fourth-order valence-electron chi connectivity index (χ4n) is 5.41. The fraction of sp³-hybridized carbons (Fsp3) is 0.364. The first-order valence-corrected chi connectivity index (χ1v) is 14.4. The van der Waals surface area contributed by atoms with Gasteiger partial charge in [-0.2, -0.15) is 0 Å². The third kappa shape index (κ3) is 5.92. The Balaban J connectivity index is 1.42. The molecule has 0 radical (unpaired) electrons. The molecule has 8 nitrogen and oxygen atoms in total. The number of aromatic amines is 1. The highest BCUT2D eigenvalue weighted by molar-refractivity contribution is 5.78. The number of benzene rings is 2. The van der Waals surface area contributed by atoms with E-state index >= 15 is 0 Å². The Morgan fingerprint density at radius 2 is 1.68 bits per heavy atom. The Hall–Kier alpha value is -4.33. The van der Waals surface area contributed by atoms with Crippen LogP contribution in [0.25, 0.3) is 28.3 Å². The molecule has 3 aromatic heterocycles. The monoisotopic (exact) mass is 549 g/mol. The minimum Gasteiger partial charge on any atom is -0.296 e. The van der Waals surface area contributed by atoms with Crippen molar-refractivity contribution in [3.8, 4) is 28.3 Å². The fourth-order valence-corrected chi connectivity index (χ4v) is 5.41. The van der Waals surface area contributed by atoms with Gasteiger partial charge in [-0.15, -0.1) is 5.10 Å². The smallest absolute Gasteiger partial charge is 0.296 e. The van der Waals surface area contributed by atoms with Crippen molar-refractivity contribution in [2.45, 2.75) is 79.2 Å². The van der Waals surface area contributed by atoms with Crippen molar-refractivity contribution in [3.63, 3.8) is 0 Å². The molecule has 8 heteroatoms. The Morgan fingerprint density at radius 1 is 0.951 bits per heavy atom. The summed E-state index contributed by atoms with van der Waals surface area (Å²) in [4.78, 5) is 18.6. The number of tetrazole rings is 1. The van der Waals surface area contributed by atoms with Crippen LogP contribution in [-0.2, 0) is 24.8 Å². The number of unbranched alkanes of at least 4 members (excludes halogenated alkanes) is 1. The summed E-state index contributed by atoms with van der Waals surface area (Å²) >= 11 is 0. The number of pyridine rings is 1. The molecule has 5 aromatic rings. The zero-order valence-corrected chi connectivity index (χ0v) is 24.9. The molecule has 0 saturated heterocycles. The number of imidazole rings is 1. The second-order valence-electron chi connectivity index (χ2n) is 11.8. The molecule has 3 heterocycles. The first-order chi connectivity index (χ1) is 19.7. The summed E-state index contributed by atoms with van der Waals surface area (Å²) in [6.07, 6.45) is 7.67. The SMILES string of the molecule is CCCCc1cn(-c2c(C)cc(C(C)(C)C)cc2C)c(=O)n1CCc1ccc(-c2ccccc2-c2nnn[nH]2)nc1. The van der Waals surface area contributed by atoms with E-state index in [1.165, 1.54) is 5.56 Å². The van der Waals surface area contributed by atoms with Crippen LogP contribution in [0.2, 0.25) is 0 Å². The zero-order valence-electron chi connectivity index (χ0n) is 24.9. The van der Waals surface area contributed by atoms with Gasteiger partial charge in [-0.3, -0.25) is 14.1 Å². The van der Waals surface area contributed by atoms with Crippen molar-refractivity contribution in [1.29, 1.82) is 0 Å². The highest BCUT2D eigenvalue weighted by atomic mass is 16.1. The Bertz CT molecular complexity index is 1660. The molecule has 1 N–H and O–H groups in total. The number of aryl methyl sites for hydroxylation is 4. The maximum atomic E-state index is 13.8. The van der Waals surface area contributed by atoms with Gasteiger partial charge in [0, 0.05) is 35.8 Å². The van der Waals surface area contributed by atoms with Crippen molar-refractivity contribution in [3.05, 3.63) is 99.4 Å². The Kier molecular flexibility index (Phi) is 8.01. The van der Waals surface area contributed by atoms with E-state index in [1.54, 1.807) is 0 Å². The average molecular weight is 550 g/mol. The van der Waals surface area contributed by atoms with E-state index in [4.69, 9.17) is 4.98 Å². The lowest BCUT2D eigenvalue weighted by atomic mass is 9.85. The number of rotatable bonds is 9. The van der Waals surface area contributed by atoms with Gasteiger partial charge in [0.05, 0.1) is 11.4 Å². The molecule has 5 rings (SSSR count). The molecule has 41 heavy (non-hydrogen) atoms. The van der Waals surface area contributed by atoms with E-state index in [0.717, 1.165) is 64.2 Å². The van der Waals surface area contributed by atoms with E-state index in [1.807, 2.05) is 45.7 Å². The molecular weight excluding hydrogens is 510 g/mol. The lowest BCUT2D eigenvalue weighted by Gasteiger charge is -2.22. The minimum absolute atomic E-state index is 0.0185. The molecule has 0 atom stereocenters. The van der Waals surface area contributed by atoms with Gasteiger partial charge in [-0.1, -0.05) is 76.6 Å². The van der Waals surface area contributed by atoms with Crippen molar-refractivity contribution in [1.82, 2.24) is 34.7 Å². The largest absolute Gasteiger partial charge is 0.332 e. The molecule has 0 aliphatic heterocycles. The molecule has 0 bridgehead atoms. The summed E-state index contributed by atoms with van der Waals surface area (Å²) in [5.41, 5.74) is 9.44. The summed E-state index contributed by atoms with van der Waals surface area (Å²) in [6.45, 7) is 13.7. The molecule has 212 valence electrons. The van der Waals surface area contributed by atoms with Crippen LogP contribution < -0.4 is 5.69 Å². The average Bonchev–Trinajstić information content (AvgIpc) is 3.59. The molecule has 0 fully saturated rings. The van der Waals surface area contributed by atoms with E-state index in [9.17, 15) is 4.79 Å². The third-order valence-corrected chi connectivity index (χ3v) is 7.70. The topological polar surface area (TPSA) is 94.3 Å². The molecule has 0 unspecified atom stereocenters. The van der Waals surface area contributed by atoms with Gasteiger partial charge in [0.1, 0.15) is 0 Å². The second kappa shape index (κ2) is 11.6. The van der Waals surface area contributed by atoms with Gasteiger partial charge >= 0.3 is 5.69 Å². The summed E-state index contributed by atoms with van der Waals surface area (Å²) < 4.78 is 3.81. The molecular formula is C33H39N7O. The van der Waals surface area contributed by atoms with Crippen LogP contribution in [0.4, 0.5) is 0 Å². The number of nitrogens with zero attached hydrogens (tertiary/aromatic N) is 6. The number of H-pyrrole nitrogens is 1. The first kappa shape index (κ1) is 28.2. The van der Waals surface area contributed by atoms with Gasteiger partial charge in [0.15, 0.2) is 5.82 Å². The number of hydrogen-bond acceptors (Lipinski definition) is 5. The van der Waals surface area contributed by atoms with Crippen LogP contribution >= 0.6 is 0 Å². The number of aromatic nitrogens is 7. The van der Waals surface area contributed by atoms with E-state index in [0.29, 0.717) is 18.8 Å². The predicted molar refractivity (Wildman–Crippen MR) is 163 cm³/mol. The Labute approximate surface area is 241 Å². The zero-order chi connectivity index (χ0) is 29.1. The molecule has 0 saturated carbocycles. The molecule has 0 spiro atoms. The normalized spacial score (nSPS) is 11.8.